The Bertz CT molecular complexity index is 970. The van der Waals surface area contributed by atoms with Gasteiger partial charge in [0.05, 0.1) is 0 Å². The van der Waals surface area contributed by atoms with E-state index in [1.165, 1.54) is 5.56 Å². The van der Waals surface area contributed by atoms with Gasteiger partial charge in [-0.1, -0.05) is 48.0 Å². The van der Waals surface area contributed by atoms with Crippen LogP contribution in [0.4, 0.5) is 0 Å². The van der Waals surface area contributed by atoms with E-state index in [9.17, 15) is 9.59 Å². The predicted molar refractivity (Wildman–Crippen MR) is 145 cm³/mol. The van der Waals surface area contributed by atoms with Crippen molar-refractivity contribution in [2.24, 2.45) is 17.6 Å². The number of aryl methyl sites for hydroxylation is 1. The number of likely N-dealkylation sites (tertiary alicyclic amines) is 1. The first-order chi connectivity index (χ1) is 17.5. The molecular formula is C30H42N4O2. The third-order valence-corrected chi connectivity index (χ3v) is 8.02. The van der Waals surface area contributed by atoms with E-state index in [2.05, 4.69) is 34.9 Å². The number of nitrogens with two attached hydrogens (primary N) is 1. The van der Waals surface area contributed by atoms with Crippen LogP contribution in [0.3, 0.4) is 0 Å². The fraction of sp³-hybridized carbons (Fsp3) is 0.533. The number of piperidine rings is 1. The molecule has 2 aromatic carbocycles. The topological polar surface area (TPSA) is 87.5 Å². The maximum atomic E-state index is 13.4. The molecule has 4 rings (SSSR count). The van der Waals surface area contributed by atoms with Crippen LogP contribution in [0.2, 0.25) is 0 Å². The molecule has 1 aliphatic carbocycles. The van der Waals surface area contributed by atoms with Gasteiger partial charge in [0, 0.05) is 24.7 Å². The van der Waals surface area contributed by atoms with Crippen molar-refractivity contribution in [3.05, 3.63) is 71.3 Å². The van der Waals surface area contributed by atoms with E-state index in [0.29, 0.717) is 36.9 Å². The highest BCUT2D eigenvalue weighted by Gasteiger charge is 2.36. The molecule has 1 unspecified atom stereocenters. The number of amides is 2. The van der Waals surface area contributed by atoms with Crippen LogP contribution in [-0.2, 0) is 11.2 Å². The van der Waals surface area contributed by atoms with Crippen molar-refractivity contribution < 1.29 is 9.59 Å². The Morgan fingerprint density at radius 2 is 1.64 bits per heavy atom. The van der Waals surface area contributed by atoms with Crippen LogP contribution < -0.4 is 16.4 Å². The molecule has 0 radical (unpaired) electrons. The van der Waals surface area contributed by atoms with Gasteiger partial charge in [0.25, 0.3) is 5.91 Å². The van der Waals surface area contributed by atoms with Gasteiger partial charge < -0.3 is 21.3 Å². The van der Waals surface area contributed by atoms with Crippen LogP contribution in [0, 0.1) is 18.8 Å². The zero-order valence-corrected chi connectivity index (χ0v) is 21.6. The Hall–Kier alpha value is -2.70. The summed E-state index contributed by atoms with van der Waals surface area (Å²) in [5.74, 6) is 1.05. The average Bonchev–Trinajstić information content (AvgIpc) is 2.92. The fourth-order valence-electron chi connectivity index (χ4n) is 5.60. The normalized spacial score (nSPS) is 24.3. The number of nitrogens with one attached hydrogen (secondary N) is 2. The Morgan fingerprint density at radius 3 is 2.33 bits per heavy atom. The van der Waals surface area contributed by atoms with Gasteiger partial charge in [-0.3, -0.25) is 9.59 Å². The lowest BCUT2D eigenvalue weighted by atomic mass is 9.82. The number of hydrogen-bond donors (Lipinski definition) is 3. The van der Waals surface area contributed by atoms with Gasteiger partial charge in [-0.05, 0) is 94.5 Å². The maximum Gasteiger partial charge on any atom is 0.254 e. The van der Waals surface area contributed by atoms with Crippen LogP contribution in [0.25, 0.3) is 0 Å². The number of benzene rings is 2. The van der Waals surface area contributed by atoms with Crippen molar-refractivity contribution in [2.45, 2.75) is 64.0 Å². The molecule has 1 aliphatic heterocycles. The van der Waals surface area contributed by atoms with Crippen LogP contribution in [0.15, 0.2) is 54.6 Å². The molecule has 2 aromatic rings. The molecule has 0 aromatic heterocycles. The molecule has 2 fully saturated rings. The van der Waals surface area contributed by atoms with Crippen molar-refractivity contribution in [3.8, 4) is 0 Å². The highest BCUT2D eigenvalue weighted by atomic mass is 16.2. The highest BCUT2D eigenvalue weighted by Crippen LogP contribution is 2.28. The molecular weight excluding hydrogens is 448 g/mol. The molecule has 6 heteroatoms. The number of carbonyl (C=O) groups excluding carboxylic acids is 2. The molecule has 36 heavy (non-hydrogen) atoms. The highest BCUT2D eigenvalue weighted by molar-refractivity contribution is 5.97. The lowest BCUT2D eigenvalue weighted by molar-refractivity contribution is -0.127. The van der Waals surface area contributed by atoms with Gasteiger partial charge in [0.1, 0.15) is 6.04 Å². The van der Waals surface area contributed by atoms with Crippen LogP contribution in [-0.4, -0.2) is 55.0 Å². The first-order valence-corrected chi connectivity index (χ1v) is 13.7. The van der Waals surface area contributed by atoms with Crippen LogP contribution >= 0.6 is 0 Å². The predicted octanol–water partition coefficient (Wildman–Crippen LogP) is 3.68. The van der Waals surface area contributed by atoms with Crippen molar-refractivity contribution in [2.75, 3.05) is 26.2 Å². The standard InChI is InChI=1S/C30H42N4O2/c1-22-7-13-26(14-8-22)30(36)34-18-16-27(32-17-15-23-5-3-2-4-6-23)19-28(34)29(35)33-21-25-11-9-24(20-31)10-12-25/h2-8,13-14,24-25,27-28,32H,9-12,15-21,31H2,1H3,(H,33,35)/t24?,25?,27?,28-/m1/s1. The van der Waals surface area contributed by atoms with E-state index in [4.69, 9.17) is 5.73 Å². The van der Waals surface area contributed by atoms with E-state index < -0.39 is 6.04 Å². The van der Waals surface area contributed by atoms with E-state index in [1.54, 1.807) is 4.90 Å². The van der Waals surface area contributed by atoms with E-state index >= 15 is 0 Å². The minimum Gasteiger partial charge on any atom is -0.354 e. The molecule has 0 spiro atoms. The monoisotopic (exact) mass is 490 g/mol. The molecule has 2 amide bonds. The lowest BCUT2D eigenvalue weighted by Gasteiger charge is -2.39. The van der Waals surface area contributed by atoms with Gasteiger partial charge in [-0.2, -0.15) is 0 Å². The summed E-state index contributed by atoms with van der Waals surface area (Å²) in [5, 5.41) is 6.86. The zero-order chi connectivity index (χ0) is 25.3. The van der Waals surface area contributed by atoms with Gasteiger partial charge in [0.15, 0.2) is 0 Å². The molecule has 2 aliphatic rings. The quantitative estimate of drug-likeness (QED) is 0.500. The van der Waals surface area contributed by atoms with E-state index in [-0.39, 0.29) is 17.9 Å². The van der Waals surface area contributed by atoms with Crippen molar-refractivity contribution in [1.82, 2.24) is 15.5 Å². The summed E-state index contributed by atoms with van der Waals surface area (Å²) in [6, 6.07) is 17.8. The molecule has 194 valence electrons. The number of nitrogens with zero attached hydrogens (tertiary/aromatic N) is 1. The van der Waals surface area contributed by atoms with Gasteiger partial charge in [-0.25, -0.2) is 0 Å². The SMILES string of the molecule is Cc1ccc(C(=O)N2CCC(NCCc3ccccc3)C[C@@H]2C(=O)NCC2CCC(CN)CC2)cc1. The third-order valence-electron chi connectivity index (χ3n) is 8.02. The minimum atomic E-state index is -0.456. The summed E-state index contributed by atoms with van der Waals surface area (Å²) in [6.07, 6.45) is 6.95. The first-order valence-electron chi connectivity index (χ1n) is 13.7. The first kappa shape index (κ1) is 26.4. The molecule has 1 saturated carbocycles. The Kier molecular flexibility index (Phi) is 9.54. The summed E-state index contributed by atoms with van der Waals surface area (Å²) in [7, 11) is 0. The molecule has 1 heterocycles. The largest absolute Gasteiger partial charge is 0.354 e. The summed E-state index contributed by atoms with van der Waals surface area (Å²) >= 11 is 0. The van der Waals surface area contributed by atoms with Gasteiger partial charge in [0.2, 0.25) is 5.91 Å². The molecule has 2 atom stereocenters. The summed E-state index contributed by atoms with van der Waals surface area (Å²) in [6.45, 7) is 4.90. The number of carbonyl (C=O) groups is 2. The second kappa shape index (κ2) is 13.0. The van der Waals surface area contributed by atoms with Gasteiger partial charge >= 0.3 is 0 Å². The second-order valence-corrected chi connectivity index (χ2v) is 10.7. The maximum absolute atomic E-state index is 13.4. The van der Waals surface area contributed by atoms with Crippen molar-refractivity contribution in [3.63, 3.8) is 0 Å². The number of hydrogen-bond acceptors (Lipinski definition) is 4. The summed E-state index contributed by atoms with van der Waals surface area (Å²) < 4.78 is 0. The molecule has 0 bridgehead atoms. The Labute approximate surface area is 216 Å². The Balaban J connectivity index is 1.37. The van der Waals surface area contributed by atoms with Gasteiger partial charge in [-0.15, -0.1) is 0 Å². The smallest absolute Gasteiger partial charge is 0.254 e. The van der Waals surface area contributed by atoms with E-state index in [0.717, 1.165) is 57.2 Å². The van der Waals surface area contributed by atoms with E-state index in [1.807, 2.05) is 37.3 Å². The summed E-state index contributed by atoms with van der Waals surface area (Å²) in [5.41, 5.74) is 8.90. The van der Waals surface area contributed by atoms with Crippen molar-refractivity contribution >= 4 is 11.8 Å². The number of rotatable bonds is 9. The molecule has 4 N–H and O–H groups in total. The molecule has 6 nitrogen and oxygen atoms in total. The molecule has 1 saturated heterocycles. The zero-order valence-electron chi connectivity index (χ0n) is 21.6. The minimum absolute atomic E-state index is 0.0223. The second-order valence-electron chi connectivity index (χ2n) is 10.7. The van der Waals surface area contributed by atoms with Crippen LogP contribution in [0.1, 0.15) is 60.0 Å². The van der Waals surface area contributed by atoms with Crippen molar-refractivity contribution in [1.29, 1.82) is 0 Å². The van der Waals surface area contributed by atoms with Crippen LogP contribution in [0.5, 0.6) is 0 Å². The lowest BCUT2D eigenvalue weighted by Crippen LogP contribution is -2.57. The fourth-order valence-corrected chi connectivity index (χ4v) is 5.60. The third kappa shape index (κ3) is 7.17. The average molecular weight is 491 g/mol. The Morgan fingerprint density at radius 1 is 0.944 bits per heavy atom. The summed E-state index contributed by atoms with van der Waals surface area (Å²) in [4.78, 5) is 28.7.